The number of para-hydroxylation sites is 1. The molecule has 5 atom stereocenters. The van der Waals surface area contributed by atoms with Crippen LogP contribution in [-0.2, 0) is 33.4 Å². The van der Waals surface area contributed by atoms with Crippen LogP contribution in [-0.4, -0.2) is 82.3 Å². The number of carbonyl (C=O) groups is 1. The number of carbonyl (C=O) groups excluding carboxylic acids is 1. The summed E-state index contributed by atoms with van der Waals surface area (Å²) >= 11 is 0. The van der Waals surface area contributed by atoms with Crippen molar-refractivity contribution in [1.29, 1.82) is 0 Å². The molecule has 1 fully saturated rings. The van der Waals surface area contributed by atoms with Crippen LogP contribution in [0.5, 0.6) is 5.75 Å². The molecule has 1 aromatic carbocycles. The van der Waals surface area contributed by atoms with E-state index in [4.69, 9.17) is 24.3 Å². The highest BCUT2D eigenvalue weighted by Crippen LogP contribution is 2.48. The number of nitrogens with two attached hydrogens (primary N) is 1. The van der Waals surface area contributed by atoms with Gasteiger partial charge in [-0.3, -0.25) is 18.9 Å². The number of rotatable bonds is 12. The van der Waals surface area contributed by atoms with E-state index < -0.39 is 65.8 Å². The summed E-state index contributed by atoms with van der Waals surface area (Å²) in [7, 11) is -6.51. The van der Waals surface area contributed by atoms with Crippen molar-refractivity contribution in [3.8, 4) is 5.75 Å². The Hall–Kier alpha value is -3.38. The zero-order valence-electron chi connectivity index (χ0n) is 26.9. The van der Waals surface area contributed by atoms with Gasteiger partial charge >= 0.3 is 13.7 Å². The summed E-state index contributed by atoms with van der Waals surface area (Å²) in [4.78, 5) is 28.0. The van der Waals surface area contributed by atoms with E-state index in [1.807, 2.05) is 0 Å². The number of hydrogen-bond acceptors (Lipinski definition) is 14. The van der Waals surface area contributed by atoms with Crippen LogP contribution < -0.4 is 25.2 Å². The number of sulfonamides is 1. The topological polar surface area (TPSA) is 222 Å². The molecule has 0 saturated carbocycles. The van der Waals surface area contributed by atoms with Gasteiger partial charge in [-0.1, -0.05) is 25.1 Å². The van der Waals surface area contributed by atoms with Crippen LogP contribution in [0, 0.1) is 5.92 Å². The minimum Gasteiger partial charge on any atom is -0.459 e. The van der Waals surface area contributed by atoms with E-state index in [2.05, 4.69) is 24.9 Å². The minimum absolute atomic E-state index is 0.0930. The Bertz CT molecular complexity index is 1710. The third-order valence-corrected chi connectivity index (χ3v) is 9.08. The number of aliphatic hydroxyl groups is 1. The number of imidazole rings is 1. The number of aliphatic hydroxyl groups excluding tert-OH is 1. The number of hydrogen-bond donors (Lipinski definition) is 4. The molecular formula is C27H41N8O9PS. The standard InChI is InChI=1S/C27H41N8O9PS/c1-16-20(36)18(42-23(16)35-15-29-19-21(30-25(28)31-22(19)35)34(7)33-46(8,39)40)14-41-45(38,44-17-12-10-9-11-13-17)32-27(5,6)24(37)43-26(2,3)4/h9-13,15-16,18,20,23,33,36H,14H2,1-8H3,(H,32,38)(H2,28,30,31)/t16-,18?,20-,23?,45?/m0/s1. The summed E-state index contributed by atoms with van der Waals surface area (Å²) in [6.07, 6.45) is -0.574. The molecule has 4 rings (SSSR count). The summed E-state index contributed by atoms with van der Waals surface area (Å²) in [6, 6.07) is 8.27. The molecule has 1 aliphatic heterocycles. The van der Waals surface area contributed by atoms with Crippen molar-refractivity contribution in [2.75, 3.05) is 30.7 Å². The molecule has 254 valence electrons. The van der Waals surface area contributed by atoms with Crippen LogP contribution in [0.15, 0.2) is 36.7 Å². The van der Waals surface area contributed by atoms with E-state index in [-0.39, 0.29) is 28.7 Å². The van der Waals surface area contributed by atoms with Gasteiger partial charge < -0.3 is 24.8 Å². The second kappa shape index (κ2) is 13.0. The number of nitrogens with zero attached hydrogens (tertiary/aromatic N) is 5. The highest BCUT2D eigenvalue weighted by atomic mass is 32.2. The van der Waals surface area contributed by atoms with Gasteiger partial charge in [-0.15, -0.1) is 4.83 Å². The second-order valence-corrected chi connectivity index (χ2v) is 15.9. The van der Waals surface area contributed by atoms with E-state index in [1.54, 1.807) is 58.0 Å². The molecule has 1 aliphatic rings. The lowest BCUT2D eigenvalue weighted by Crippen LogP contribution is -2.49. The molecule has 17 nitrogen and oxygen atoms in total. The molecule has 1 saturated heterocycles. The molecule has 5 N–H and O–H groups in total. The van der Waals surface area contributed by atoms with E-state index in [9.17, 15) is 22.9 Å². The summed E-state index contributed by atoms with van der Waals surface area (Å²) in [6.45, 7) is 9.43. The number of ether oxygens (including phenoxy) is 2. The van der Waals surface area contributed by atoms with Gasteiger partial charge in [0.1, 0.15) is 29.2 Å². The molecule has 0 amide bonds. The van der Waals surface area contributed by atoms with Gasteiger partial charge in [-0.2, -0.15) is 15.1 Å². The first kappa shape index (κ1) is 35.5. The van der Waals surface area contributed by atoms with Gasteiger partial charge in [0.2, 0.25) is 16.0 Å². The smallest absolute Gasteiger partial charge is 0.459 e. The van der Waals surface area contributed by atoms with E-state index in [0.717, 1.165) is 11.3 Å². The minimum atomic E-state index is -4.30. The maximum atomic E-state index is 14.1. The lowest BCUT2D eigenvalue weighted by atomic mass is 10.0. The van der Waals surface area contributed by atoms with Crippen LogP contribution >= 0.6 is 7.75 Å². The van der Waals surface area contributed by atoms with Crippen molar-refractivity contribution in [2.45, 2.75) is 71.1 Å². The van der Waals surface area contributed by atoms with Crippen molar-refractivity contribution in [3.05, 3.63) is 36.7 Å². The van der Waals surface area contributed by atoms with Crippen LogP contribution in [0.25, 0.3) is 11.2 Å². The Balaban J connectivity index is 1.58. The van der Waals surface area contributed by atoms with E-state index in [1.165, 1.54) is 31.8 Å². The van der Waals surface area contributed by atoms with Gasteiger partial charge in [-0.25, -0.2) is 18.0 Å². The summed E-state index contributed by atoms with van der Waals surface area (Å²) in [5.74, 6) is -1.09. The zero-order chi connectivity index (χ0) is 34.2. The SMILES string of the molecule is C[C@@H]1C(n2cnc3c(N(C)NS(C)(=O)=O)nc(N)nc32)OC(COP(=O)(NC(C)(C)C(=O)OC(C)(C)C)Oc2ccccc2)[C@H]1O. The maximum absolute atomic E-state index is 14.1. The maximum Gasteiger partial charge on any atom is 0.459 e. The highest BCUT2D eigenvalue weighted by Gasteiger charge is 2.46. The van der Waals surface area contributed by atoms with Crippen LogP contribution in [0.2, 0.25) is 0 Å². The number of esters is 1. The third-order valence-electron chi connectivity index (χ3n) is 6.70. The van der Waals surface area contributed by atoms with Crippen LogP contribution in [0.4, 0.5) is 11.8 Å². The van der Waals surface area contributed by atoms with Crippen molar-refractivity contribution < 1.29 is 41.4 Å². The molecule has 2 aromatic heterocycles. The Morgan fingerprint density at radius 2 is 1.85 bits per heavy atom. The molecule has 3 aromatic rings. The van der Waals surface area contributed by atoms with Crippen molar-refractivity contribution in [1.82, 2.24) is 29.4 Å². The monoisotopic (exact) mass is 684 g/mol. The quantitative estimate of drug-likeness (QED) is 0.122. The zero-order valence-corrected chi connectivity index (χ0v) is 28.6. The summed E-state index contributed by atoms with van der Waals surface area (Å²) < 4.78 is 62.5. The molecular weight excluding hydrogens is 643 g/mol. The molecule has 0 aliphatic carbocycles. The predicted octanol–water partition coefficient (Wildman–Crippen LogP) is 2.12. The van der Waals surface area contributed by atoms with E-state index in [0.29, 0.717) is 0 Å². The first-order valence-electron chi connectivity index (χ1n) is 14.2. The molecule has 0 radical (unpaired) electrons. The average Bonchev–Trinajstić information content (AvgIpc) is 3.45. The van der Waals surface area contributed by atoms with Crippen LogP contribution in [0.1, 0.15) is 47.8 Å². The molecule has 3 heterocycles. The Kier molecular flexibility index (Phi) is 10.0. The molecule has 19 heteroatoms. The average molecular weight is 685 g/mol. The van der Waals surface area contributed by atoms with E-state index >= 15 is 0 Å². The third kappa shape index (κ3) is 8.50. The normalized spacial score (nSPS) is 22.0. The van der Waals surface area contributed by atoms with Gasteiger partial charge in [0, 0.05) is 13.0 Å². The lowest BCUT2D eigenvalue weighted by molar-refractivity contribution is -0.161. The van der Waals surface area contributed by atoms with Gasteiger partial charge in [-0.05, 0) is 46.8 Å². The summed E-state index contributed by atoms with van der Waals surface area (Å²) in [5, 5.41) is 15.0. The number of nitrogens with one attached hydrogen (secondary N) is 2. The lowest BCUT2D eigenvalue weighted by Gasteiger charge is -2.32. The van der Waals surface area contributed by atoms with Gasteiger partial charge in [0.05, 0.1) is 25.3 Å². The first-order valence-corrected chi connectivity index (χ1v) is 17.7. The Morgan fingerprint density at radius 1 is 1.20 bits per heavy atom. The number of anilines is 2. The first-order chi connectivity index (χ1) is 21.2. The molecule has 0 spiro atoms. The highest BCUT2D eigenvalue weighted by molar-refractivity contribution is 7.88. The fourth-order valence-corrected chi connectivity index (χ4v) is 6.91. The predicted molar refractivity (Wildman–Crippen MR) is 169 cm³/mol. The second-order valence-electron chi connectivity index (χ2n) is 12.5. The molecule has 3 unspecified atom stereocenters. The largest absolute Gasteiger partial charge is 0.459 e. The Morgan fingerprint density at radius 3 is 2.46 bits per heavy atom. The van der Waals surface area contributed by atoms with Gasteiger partial charge in [0.25, 0.3) is 0 Å². The Labute approximate surface area is 267 Å². The fraction of sp³-hybridized carbons (Fsp3) is 0.556. The van der Waals surface area contributed by atoms with Crippen LogP contribution in [0.3, 0.4) is 0 Å². The van der Waals surface area contributed by atoms with Gasteiger partial charge in [0.15, 0.2) is 17.0 Å². The summed E-state index contributed by atoms with van der Waals surface area (Å²) in [5.41, 5.74) is 4.07. The fourth-order valence-electron chi connectivity index (χ4n) is 4.64. The number of nitrogen functional groups attached to an aromatic ring is 1. The number of benzene rings is 1. The van der Waals surface area contributed by atoms with Crippen molar-refractivity contribution >= 4 is 46.7 Å². The van der Waals surface area contributed by atoms with Crippen molar-refractivity contribution in [2.24, 2.45) is 5.92 Å². The molecule has 0 bridgehead atoms. The number of fused-ring (bicyclic) bond motifs is 1. The number of aromatic nitrogens is 4. The van der Waals surface area contributed by atoms with Crippen molar-refractivity contribution in [3.63, 3.8) is 0 Å². The molecule has 46 heavy (non-hydrogen) atoms. The number of hydrazine groups is 1.